The third kappa shape index (κ3) is 4.32. The number of halogens is 1. The van der Waals surface area contributed by atoms with Gasteiger partial charge in [0.25, 0.3) is 5.91 Å². The number of nitrogens with one attached hydrogen (secondary N) is 2. The largest absolute Gasteiger partial charge is 0.325 e. The summed E-state index contributed by atoms with van der Waals surface area (Å²) in [4.78, 5) is 24.9. The van der Waals surface area contributed by atoms with Crippen LogP contribution in [0.4, 0.5) is 15.8 Å². The van der Waals surface area contributed by atoms with E-state index in [0.29, 0.717) is 23.4 Å². The molecular weight excluding hydrogens is 319 g/mol. The Bertz CT molecular complexity index is 817. The Labute approximate surface area is 145 Å². The smallest absolute Gasteiger partial charge is 0.257 e. The molecule has 2 aromatic carbocycles. The van der Waals surface area contributed by atoms with Gasteiger partial charge in [-0.05, 0) is 49.6 Å². The van der Waals surface area contributed by atoms with E-state index in [4.69, 9.17) is 0 Å². The molecule has 1 aliphatic rings. The normalized spacial score (nSPS) is 16.3. The summed E-state index contributed by atoms with van der Waals surface area (Å²) in [7, 11) is 0. The SMILES string of the molecule is O=C(Nc1cccc(F)c1)c1ccccc1NC(=O)[C@@H]1CC=CCC1. The second-order valence-electron chi connectivity index (χ2n) is 5.98. The van der Waals surface area contributed by atoms with Gasteiger partial charge >= 0.3 is 0 Å². The molecule has 1 atom stereocenters. The topological polar surface area (TPSA) is 58.2 Å². The average Bonchev–Trinajstić information content (AvgIpc) is 2.63. The zero-order valence-electron chi connectivity index (χ0n) is 13.7. The second kappa shape index (κ2) is 7.75. The Morgan fingerprint density at radius 1 is 1.00 bits per heavy atom. The Hall–Kier alpha value is -2.95. The van der Waals surface area contributed by atoms with Gasteiger partial charge in [-0.2, -0.15) is 0 Å². The summed E-state index contributed by atoms with van der Waals surface area (Å²) in [6, 6.07) is 12.5. The molecule has 0 aliphatic heterocycles. The molecule has 0 radical (unpaired) electrons. The van der Waals surface area contributed by atoms with Crippen LogP contribution in [0.15, 0.2) is 60.7 Å². The number of rotatable bonds is 4. The van der Waals surface area contributed by atoms with Gasteiger partial charge in [0, 0.05) is 11.6 Å². The summed E-state index contributed by atoms with van der Waals surface area (Å²) in [5.41, 5.74) is 1.16. The Kier molecular flexibility index (Phi) is 5.23. The van der Waals surface area contributed by atoms with Crippen molar-refractivity contribution in [3.8, 4) is 0 Å². The first-order valence-electron chi connectivity index (χ1n) is 8.25. The maximum atomic E-state index is 13.3. The maximum Gasteiger partial charge on any atom is 0.257 e. The van der Waals surface area contributed by atoms with Crippen LogP contribution in [-0.2, 0) is 4.79 Å². The zero-order chi connectivity index (χ0) is 17.6. The molecular formula is C20H19FN2O2. The van der Waals surface area contributed by atoms with Crippen molar-refractivity contribution < 1.29 is 14.0 Å². The molecule has 0 saturated carbocycles. The first-order chi connectivity index (χ1) is 12.1. The zero-order valence-corrected chi connectivity index (χ0v) is 13.7. The van der Waals surface area contributed by atoms with Gasteiger partial charge in [-0.15, -0.1) is 0 Å². The maximum absolute atomic E-state index is 13.3. The van der Waals surface area contributed by atoms with E-state index in [1.165, 1.54) is 18.2 Å². The summed E-state index contributed by atoms with van der Waals surface area (Å²) in [5.74, 6) is -0.991. The molecule has 0 unspecified atom stereocenters. The van der Waals surface area contributed by atoms with Gasteiger partial charge in [0.05, 0.1) is 11.3 Å². The van der Waals surface area contributed by atoms with Crippen molar-refractivity contribution in [2.75, 3.05) is 10.6 Å². The summed E-state index contributed by atoms with van der Waals surface area (Å²) < 4.78 is 13.3. The molecule has 0 heterocycles. The number of hydrogen-bond acceptors (Lipinski definition) is 2. The van der Waals surface area contributed by atoms with Crippen molar-refractivity contribution in [1.82, 2.24) is 0 Å². The van der Waals surface area contributed by atoms with E-state index in [0.717, 1.165) is 12.8 Å². The first kappa shape index (κ1) is 16.9. The molecule has 0 spiro atoms. The van der Waals surface area contributed by atoms with E-state index in [2.05, 4.69) is 16.7 Å². The predicted molar refractivity (Wildman–Crippen MR) is 95.9 cm³/mol. The van der Waals surface area contributed by atoms with E-state index >= 15 is 0 Å². The Morgan fingerprint density at radius 3 is 2.60 bits per heavy atom. The summed E-state index contributed by atoms with van der Waals surface area (Å²) in [5, 5.41) is 5.50. The predicted octanol–water partition coefficient (Wildman–Crippen LogP) is 4.37. The molecule has 2 N–H and O–H groups in total. The van der Waals surface area contributed by atoms with Crippen LogP contribution in [0.5, 0.6) is 0 Å². The number of benzene rings is 2. The molecule has 1 aliphatic carbocycles. The molecule has 2 amide bonds. The van der Waals surface area contributed by atoms with Crippen LogP contribution in [0, 0.1) is 11.7 Å². The highest BCUT2D eigenvalue weighted by Gasteiger charge is 2.20. The van der Waals surface area contributed by atoms with Crippen LogP contribution in [0.1, 0.15) is 29.6 Å². The number of carbonyl (C=O) groups excluding carboxylic acids is 2. The molecule has 5 heteroatoms. The first-order valence-corrected chi connectivity index (χ1v) is 8.25. The van der Waals surface area contributed by atoms with Crippen molar-refractivity contribution in [2.24, 2.45) is 5.92 Å². The molecule has 0 fully saturated rings. The summed E-state index contributed by atoms with van der Waals surface area (Å²) in [6.07, 6.45) is 6.49. The third-order valence-electron chi connectivity index (χ3n) is 4.15. The van der Waals surface area contributed by atoms with E-state index in [9.17, 15) is 14.0 Å². The fourth-order valence-corrected chi connectivity index (χ4v) is 2.82. The monoisotopic (exact) mass is 338 g/mol. The molecule has 2 aromatic rings. The minimum absolute atomic E-state index is 0.0793. The van der Waals surface area contributed by atoms with Crippen LogP contribution in [0.2, 0.25) is 0 Å². The number of amides is 2. The number of carbonyl (C=O) groups is 2. The lowest BCUT2D eigenvalue weighted by molar-refractivity contribution is -0.120. The Morgan fingerprint density at radius 2 is 1.84 bits per heavy atom. The van der Waals surface area contributed by atoms with Gasteiger partial charge in [-0.1, -0.05) is 30.4 Å². The van der Waals surface area contributed by atoms with Gasteiger partial charge in [0.15, 0.2) is 0 Å². The van der Waals surface area contributed by atoms with Crippen LogP contribution in [0.25, 0.3) is 0 Å². The fraction of sp³-hybridized carbons (Fsp3) is 0.200. The highest BCUT2D eigenvalue weighted by atomic mass is 19.1. The van der Waals surface area contributed by atoms with Crippen molar-refractivity contribution in [2.45, 2.75) is 19.3 Å². The highest BCUT2D eigenvalue weighted by molar-refractivity contribution is 6.10. The molecule has 128 valence electrons. The van der Waals surface area contributed by atoms with Crippen LogP contribution in [-0.4, -0.2) is 11.8 Å². The third-order valence-corrected chi connectivity index (χ3v) is 4.15. The number of hydrogen-bond donors (Lipinski definition) is 2. The van der Waals surface area contributed by atoms with Gasteiger partial charge in [-0.3, -0.25) is 9.59 Å². The van der Waals surface area contributed by atoms with Gasteiger partial charge < -0.3 is 10.6 Å². The standard InChI is InChI=1S/C20H19FN2O2/c21-15-9-6-10-16(13-15)22-20(25)17-11-4-5-12-18(17)23-19(24)14-7-2-1-3-8-14/h1-2,4-6,9-14H,3,7-8H2,(H,22,25)(H,23,24)/t14-/m1/s1. The van der Waals surface area contributed by atoms with Gasteiger partial charge in [0.1, 0.15) is 5.82 Å². The summed E-state index contributed by atoms with van der Waals surface area (Å²) >= 11 is 0. The van der Waals surface area contributed by atoms with E-state index in [-0.39, 0.29) is 11.8 Å². The van der Waals surface area contributed by atoms with Gasteiger partial charge in [-0.25, -0.2) is 4.39 Å². The van der Waals surface area contributed by atoms with Crippen LogP contribution < -0.4 is 10.6 Å². The second-order valence-corrected chi connectivity index (χ2v) is 5.98. The lowest BCUT2D eigenvalue weighted by Crippen LogP contribution is -2.25. The molecule has 0 saturated heterocycles. The van der Waals surface area contributed by atoms with Crippen molar-refractivity contribution in [1.29, 1.82) is 0 Å². The molecule has 0 aromatic heterocycles. The van der Waals surface area contributed by atoms with Gasteiger partial charge in [0.2, 0.25) is 5.91 Å². The fourth-order valence-electron chi connectivity index (χ4n) is 2.82. The van der Waals surface area contributed by atoms with Crippen LogP contribution in [0.3, 0.4) is 0 Å². The Balaban J connectivity index is 1.74. The van der Waals surface area contributed by atoms with E-state index in [1.54, 1.807) is 30.3 Å². The lowest BCUT2D eigenvalue weighted by Gasteiger charge is -2.18. The number of para-hydroxylation sites is 1. The number of anilines is 2. The van der Waals surface area contributed by atoms with E-state index < -0.39 is 11.7 Å². The minimum atomic E-state index is -0.426. The average molecular weight is 338 g/mol. The molecule has 25 heavy (non-hydrogen) atoms. The van der Waals surface area contributed by atoms with Crippen molar-refractivity contribution >= 4 is 23.2 Å². The van der Waals surface area contributed by atoms with Crippen molar-refractivity contribution in [3.05, 3.63) is 72.1 Å². The molecule has 3 rings (SSSR count). The minimum Gasteiger partial charge on any atom is -0.325 e. The number of allylic oxidation sites excluding steroid dienone is 2. The summed E-state index contributed by atoms with van der Waals surface area (Å²) in [6.45, 7) is 0. The molecule has 0 bridgehead atoms. The highest BCUT2D eigenvalue weighted by Crippen LogP contribution is 2.23. The van der Waals surface area contributed by atoms with E-state index in [1.807, 2.05) is 6.08 Å². The van der Waals surface area contributed by atoms with Crippen LogP contribution >= 0.6 is 0 Å². The lowest BCUT2D eigenvalue weighted by atomic mass is 9.93. The quantitative estimate of drug-likeness (QED) is 0.813. The van der Waals surface area contributed by atoms with Crippen molar-refractivity contribution in [3.63, 3.8) is 0 Å². The molecule has 4 nitrogen and oxygen atoms in total.